The van der Waals surface area contributed by atoms with Gasteiger partial charge in [-0.25, -0.2) is 0 Å². The molecule has 7 heteroatoms. The number of fused-ring (bicyclic) bond motifs is 1. The van der Waals surface area contributed by atoms with Crippen LogP contribution in [0.25, 0.3) is 0 Å². The summed E-state index contributed by atoms with van der Waals surface area (Å²) in [6.45, 7) is 4.80. The van der Waals surface area contributed by atoms with Gasteiger partial charge in [0.15, 0.2) is 6.10 Å². The molecule has 5 aromatic rings. The molecule has 0 radical (unpaired) electrons. The number of amides is 1. The molecule has 1 aliphatic heterocycles. The molecule has 1 aliphatic rings. The molecule has 0 N–H and O–H groups in total. The van der Waals surface area contributed by atoms with Crippen LogP contribution >= 0.6 is 11.8 Å². The van der Waals surface area contributed by atoms with Crippen LogP contribution in [0.15, 0.2) is 138 Å². The summed E-state index contributed by atoms with van der Waals surface area (Å²) in [5.41, 5.74) is 6.02. The van der Waals surface area contributed by atoms with Crippen molar-refractivity contribution in [2.75, 3.05) is 32.1 Å². The number of thioether (sulfide) groups is 1. The Hall–Kier alpha value is -4.69. The van der Waals surface area contributed by atoms with Gasteiger partial charge in [-0.05, 0) is 61.0 Å². The van der Waals surface area contributed by atoms with E-state index < -0.39 is 22.9 Å². The smallest absolute Gasteiger partial charge is 0.303 e. The Balaban J connectivity index is 1.44. The highest BCUT2D eigenvalue weighted by Gasteiger charge is 2.41. The fourth-order valence-electron chi connectivity index (χ4n) is 6.35. The summed E-state index contributed by atoms with van der Waals surface area (Å²) in [7, 11) is 3.96. The van der Waals surface area contributed by atoms with Gasteiger partial charge in [-0.3, -0.25) is 9.59 Å². The van der Waals surface area contributed by atoms with Gasteiger partial charge in [0.1, 0.15) is 5.60 Å². The van der Waals surface area contributed by atoms with Gasteiger partial charge in [-0.2, -0.15) is 0 Å². The van der Waals surface area contributed by atoms with Crippen molar-refractivity contribution in [3.05, 3.63) is 167 Å². The van der Waals surface area contributed by atoms with E-state index in [9.17, 15) is 9.59 Å². The van der Waals surface area contributed by atoms with Crippen molar-refractivity contribution in [1.82, 2.24) is 4.90 Å². The van der Waals surface area contributed by atoms with Crippen LogP contribution < -0.4 is 4.90 Å². The average molecular weight is 671 g/mol. The second kappa shape index (κ2) is 15.2. The number of benzene rings is 5. The molecule has 5 aromatic carbocycles. The quantitative estimate of drug-likeness (QED) is 0.104. The Morgan fingerprint density at radius 2 is 1.35 bits per heavy atom. The summed E-state index contributed by atoms with van der Waals surface area (Å²) in [4.78, 5) is 31.5. The lowest BCUT2D eigenvalue weighted by atomic mass is 9.80. The van der Waals surface area contributed by atoms with Crippen molar-refractivity contribution in [1.29, 1.82) is 0 Å². The molecule has 0 aromatic heterocycles. The second-order valence-corrected chi connectivity index (χ2v) is 13.8. The van der Waals surface area contributed by atoms with Gasteiger partial charge in [-0.1, -0.05) is 127 Å². The van der Waals surface area contributed by atoms with Crippen LogP contribution in [-0.2, 0) is 31.3 Å². The van der Waals surface area contributed by atoms with Crippen molar-refractivity contribution in [3.63, 3.8) is 0 Å². The highest BCUT2D eigenvalue weighted by Crippen LogP contribution is 2.48. The molecule has 0 spiro atoms. The number of hydrogen-bond acceptors (Lipinski definition) is 6. The standard InChI is InChI=1S/C42H42N2O4S/c1-30-20-23-33(24-21-30)40-39(48-31(2)45)41(46)44(27-26-43(3)4)37-25-22-32(28-38(37)49-40)29-47-42(34-14-8-5-9-15-34,35-16-10-6-11-17-35)36-18-12-7-13-19-36/h5-25,28,39-40H,26-27,29H2,1-4H3/t39-,40+/m1/s1. The maximum Gasteiger partial charge on any atom is 0.303 e. The van der Waals surface area contributed by atoms with Gasteiger partial charge in [-0.15, -0.1) is 11.8 Å². The summed E-state index contributed by atoms with van der Waals surface area (Å²) in [5, 5.41) is -0.437. The fourth-order valence-corrected chi connectivity index (χ4v) is 7.73. The summed E-state index contributed by atoms with van der Waals surface area (Å²) in [6, 6.07) is 45.3. The largest absolute Gasteiger partial charge is 0.451 e. The van der Waals surface area contributed by atoms with E-state index in [0.29, 0.717) is 19.7 Å². The Labute approximate surface area is 293 Å². The number of esters is 1. The molecule has 0 saturated heterocycles. The van der Waals surface area contributed by atoms with Gasteiger partial charge < -0.3 is 19.3 Å². The van der Waals surface area contributed by atoms with Crippen molar-refractivity contribution >= 4 is 29.3 Å². The minimum Gasteiger partial charge on any atom is -0.451 e. The molecule has 1 amide bonds. The Morgan fingerprint density at radius 1 is 0.796 bits per heavy atom. The molecule has 250 valence electrons. The van der Waals surface area contributed by atoms with Crippen LogP contribution in [0.5, 0.6) is 0 Å². The summed E-state index contributed by atoms with van der Waals surface area (Å²) >= 11 is 1.56. The molecule has 6 nitrogen and oxygen atoms in total. The topological polar surface area (TPSA) is 59.1 Å². The van der Waals surface area contributed by atoms with Crippen molar-refractivity contribution in [3.8, 4) is 0 Å². The number of carbonyl (C=O) groups is 2. The van der Waals surface area contributed by atoms with E-state index in [1.54, 1.807) is 16.7 Å². The van der Waals surface area contributed by atoms with E-state index in [-0.39, 0.29) is 5.91 Å². The third-order valence-electron chi connectivity index (χ3n) is 8.82. The van der Waals surface area contributed by atoms with Crippen LogP contribution in [0.3, 0.4) is 0 Å². The number of ether oxygens (including phenoxy) is 2. The highest BCUT2D eigenvalue weighted by molar-refractivity contribution is 7.99. The maximum atomic E-state index is 14.3. The van der Waals surface area contributed by atoms with Crippen LogP contribution in [0.4, 0.5) is 5.69 Å². The second-order valence-electron chi connectivity index (χ2n) is 12.6. The molecular weight excluding hydrogens is 629 g/mol. The Bertz CT molecular complexity index is 1770. The number of nitrogens with zero attached hydrogens (tertiary/aromatic N) is 2. The first kappa shape index (κ1) is 34.2. The minimum atomic E-state index is -0.985. The molecule has 0 bridgehead atoms. The van der Waals surface area contributed by atoms with Crippen LogP contribution in [-0.4, -0.2) is 50.1 Å². The lowest BCUT2D eigenvalue weighted by Crippen LogP contribution is -2.45. The first-order valence-electron chi connectivity index (χ1n) is 16.6. The molecule has 0 saturated carbocycles. The number of rotatable bonds is 11. The van der Waals surface area contributed by atoms with E-state index in [4.69, 9.17) is 9.47 Å². The Morgan fingerprint density at radius 3 is 1.86 bits per heavy atom. The number of carbonyl (C=O) groups excluding carboxylic acids is 2. The van der Waals surface area contributed by atoms with Crippen molar-refractivity contribution < 1.29 is 19.1 Å². The average Bonchev–Trinajstić information content (AvgIpc) is 3.22. The van der Waals surface area contributed by atoms with E-state index in [2.05, 4.69) is 42.5 Å². The summed E-state index contributed by atoms with van der Waals surface area (Å²) in [6.07, 6.45) is -0.985. The maximum absolute atomic E-state index is 14.3. The number of likely N-dealkylation sites (N-methyl/N-ethyl adjacent to an activating group) is 1. The molecule has 0 aliphatic carbocycles. The first-order valence-corrected chi connectivity index (χ1v) is 17.4. The summed E-state index contributed by atoms with van der Waals surface area (Å²) < 4.78 is 13.0. The molecular formula is C42H42N2O4S. The lowest BCUT2D eigenvalue weighted by Gasteiger charge is -2.36. The molecule has 6 rings (SSSR count). The van der Waals surface area contributed by atoms with Crippen LogP contribution in [0.1, 0.15) is 45.6 Å². The molecule has 1 heterocycles. The van der Waals surface area contributed by atoms with E-state index >= 15 is 0 Å². The number of aryl methyl sites for hydroxylation is 1. The molecule has 0 fully saturated rings. The SMILES string of the molecule is CC(=O)O[C@H]1C(=O)N(CCN(C)C)c2ccc(COC(c3ccccc3)(c3ccccc3)c3ccccc3)cc2S[C@H]1c1ccc(C)cc1. The highest BCUT2D eigenvalue weighted by atomic mass is 32.2. The van der Waals surface area contributed by atoms with Crippen LogP contribution in [0.2, 0.25) is 0 Å². The van der Waals surface area contributed by atoms with Gasteiger partial charge in [0.25, 0.3) is 5.91 Å². The van der Waals surface area contributed by atoms with Gasteiger partial charge in [0.2, 0.25) is 0 Å². The van der Waals surface area contributed by atoms with Crippen molar-refractivity contribution in [2.45, 2.75) is 42.3 Å². The van der Waals surface area contributed by atoms with E-state index in [1.165, 1.54) is 6.92 Å². The molecule has 49 heavy (non-hydrogen) atoms. The predicted octanol–water partition coefficient (Wildman–Crippen LogP) is 8.18. The molecule has 2 atom stereocenters. The van der Waals surface area contributed by atoms with Gasteiger partial charge in [0.05, 0.1) is 17.5 Å². The lowest BCUT2D eigenvalue weighted by molar-refractivity contribution is -0.152. The Kier molecular flexibility index (Phi) is 10.6. The minimum absolute atomic E-state index is 0.228. The predicted molar refractivity (Wildman–Crippen MR) is 197 cm³/mol. The third kappa shape index (κ3) is 7.49. The monoisotopic (exact) mass is 670 g/mol. The first-order chi connectivity index (χ1) is 23.8. The molecule has 0 unspecified atom stereocenters. The zero-order valence-electron chi connectivity index (χ0n) is 28.4. The third-order valence-corrected chi connectivity index (χ3v) is 10.2. The van der Waals surface area contributed by atoms with Crippen molar-refractivity contribution in [2.24, 2.45) is 0 Å². The number of hydrogen-bond donors (Lipinski definition) is 0. The van der Waals surface area contributed by atoms with Gasteiger partial charge in [0, 0.05) is 24.9 Å². The normalized spacial score (nSPS) is 16.3. The zero-order valence-corrected chi connectivity index (χ0v) is 29.2. The zero-order chi connectivity index (χ0) is 34.4. The number of anilines is 1. The van der Waals surface area contributed by atoms with E-state index in [1.807, 2.05) is 117 Å². The van der Waals surface area contributed by atoms with Gasteiger partial charge >= 0.3 is 5.97 Å². The van der Waals surface area contributed by atoms with E-state index in [0.717, 1.165) is 44.0 Å². The fraction of sp³-hybridized carbons (Fsp3) is 0.238. The van der Waals surface area contributed by atoms with Crippen LogP contribution in [0, 0.1) is 6.92 Å². The summed E-state index contributed by atoms with van der Waals surface area (Å²) in [5.74, 6) is -0.711.